The average molecular weight is 1600 g/mol. The molecule has 0 aromatic heterocycles. The fourth-order valence-corrected chi connectivity index (χ4v) is 70.8. The maximum Gasteiger partial charge on any atom is 0.521 e. The molecule has 0 saturated carbocycles. The van der Waals surface area contributed by atoms with Gasteiger partial charge in [-0.05, 0) is 96.3 Å². The predicted octanol–water partition coefficient (Wildman–Crippen LogP) is 11.2. The molecule has 11 atom stereocenters. The maximum absolute atomic E-state index is 9.19. The monoisotopic (exact) mass is 1600 g/mol. The Hall–Kier alpha value is -7.02. The zero-order valence-corrected chi connectivity index (χ0v) is 69.7. The van der Waals surface area contributed by atoms with Crippen molar-refractivity contribution in [2.45, 2.75) is 73.5 Å². The molecule has 17 rings (SSSR count). The van der Waals surface area contributed by atoms with Gasteiger partial charge in [0.1, 0.15) is 25.0 Å². The number of rotatable bonds is 20. The summed E-state index contributed by atoms with van der Waals surface area (Å²) in [4.78, 5) is 3.25. The molecule has 10 aromatic carbocycles. The second kappa shape index (κ2) is 29.7. The van der Waals surface area contributed by atoms with Crippen molar-refractivity contribution in [3.05, 3.63) is 332 Å². The third kappa shape index (κ3) is 13.5. The Morgan fingerprint density at radius 1 is 0.449 bits per heavy atom. The van der Waals surface area contributed by atoms with Crippen molar-refractivity contribution in [1.29, 1.82) is 0 Å². The molecular formula is C80H84N2O15SSi9. The molecule has 10 aromatic rings. The van der Waals surface area contributed by atoms with Crippen molar-refractivity contribution in [1.82, 2.24) is 9.80 Å². The predicted molar refractivity (Wildman–Crippen MR) is 431 cm³/mol. The van der Waals surface area contributed by atoms with Crippen LogP contribution >= 0.6 is 12.0 Å². The van der Waals surface area contributed by atoms with E-state index in [1.807, 2.05) is 218 Å². The summed E-state index contributed by atoms with van der Waals surface area (Å²) in [7, 11) is -43.1. The number of hydrogen-bond donors (Lipinski definition) is 0. The van der Waals surface area contributed by atoms with Crippen LogP contribution in [-0.4, -0.2) is 126 Å². The van der Waals surface area contributed by atoms with Crippen LogP contribution in [0.25, 0.3) is 0 Å². The van der Waals surface area contributed by atoms with E-state index < -0.39 is 88.6 Å². The third-order valence-corrected chi connectivity index (χ3v) is 63.4. The van der Waals surface area contributed by atoms with E-state index in [1.54, 1.807) is 0 Å². The van der Waals surface area contributed by atoms with Gasteiger partial charge in [-0.25, -0.2) is 0 Å². The zero-order valence-electron chi connectivity index (χ0n) is 59.9. The molecule has 5 fully saturated rings. The Morgan fingerprint density at radius 2 is 0.879 bits per heavy atom. The van der Waals surface area contributed by atoms with Crippen molar-refractivity contribution in [2.75, 3.05) is 32.8 Å². The van der Waals surface area contributed by atoms with Crippen LogP contribution in [0, 0.1) is 0 Å². The summed E-state index contributed by atoms with van der Waals surface area (Å²) in [5, 5.41) is 3.98. The van der Waals surface area contributed by atoms with E-state index in [4.69, 9.17) is 59.5 Å². The zero-order chi connectivity index (χ0) is 72.8. The lowest BCUT2D eigenvalue weighted by Gasteiger charge is -2.52. The Balaban J connectivity index is 1.01. The first kappa shape index (κ1) is 72.8. The first-order chi connectivity index (χ1) is 52.2. The summed E-state index contributed by atoms with van der Waals surface area (Å²) in [6, 6.07) is 94.8. The molecule has 27 heteroatoms. The standard InChI is InChI=1S/C80H84N2O15SSi9/c1-6-54-81-60-68-58-66(48-50-78(68)83-62-81)52-56-99(4)89-102(72-36-20-10-21-37-72)65(3)86-105(75-42-26-13-27-43-75)91-100(5,57-53-67-49-51-79-69(59-67)61-82(55-7-2)63-84-79)92-106(76-44-28-14-29-45-76)87-80(70-32-16-8-17-33-70)101(93-106,94-107(95-102,97-105)77-46-30-15-31-47-77)64-85-104(90-99,74-40-24-12-25-41-74)96-103(80,73-38-22-11-23-39-73)88-98-71-34-18-9-19-35-71/h6-51,58-59,65H,1-2,52-57,60-64H2,3-5H3/t65-,80?,99?,100?,101?,102?,103?,104?,105?,106?,107?/m1/s1. The topological polar surface area (TPSA) is 145 Å². The lowest BCUT2D eigenvalue weighted by atomic mass is 10.1. The molecule has 7 aliphatic heterocycles. The van der Waals surface area contributed by atoms with Crippen LogP contribution in [0.3, 0.4) is 0 Å². The van der Waals surface area contributed by atoms with Crippen LogP contribution in [0.5, 0.6) is 11.5 Å². The van der Waals surface area contributed by atoms with Crippen LogP contribution in [-0.2, 0) is 85.0 Å². The van der Waals surface area contributed by atoms with Crippen molar-refractivity contribution in [2.24, 2.45) is 0 Å². The van der Waals surface area contributed by atoms with Gasteiger partial charge in [-0.1, -0.05) is 267 Å². The number of nitrogens with zero attached hydrogens (tertiary/aromatic N) is 2. The summed E-state index contributed by atoms with van der Waals surface area (Å²) >= 11 is 1.21. The van der Waals surface area contributed by atoms with Gasteiger partial charge in [0.2, 0.25) is 0 Å². The van der Waals surface area contributed by atoms with Crippen molar-refractivity contribution >= 4 is 121 Å². The molecule has 7 heterocycles. The fraction of sp³-hybridized carbons (Fsp3) is 0.200. The van der Waals surface area contributed by atoms with E-state index in [0.29, 0.717) is 96.1 Å². The normalized spacial score (nSPS) is 31.0. The summed E-state index contributed by atoms with van der Waals surface area (Å²) in [5.41, 5.74) is 3.91. The highest BCUT2D eigenvalue weighted by Gasteiger charge is 2.91. The van der Waals surface area contributed by atoms with E-state index in [1.165, 1.54) is 12.0 Å². The quantitative estimate of drug-likeness (QED) is 0.0405. The molecule has 0 aliphatic carbocycles. The molecule has 1 spiro atoms. The maximum atomic E-state index is 9.19. The minimum absolute atomic E-state index is 0.310. The molecule has 5 saturated heterocycles. The molecule has 10 unspecified atom stereocenters. The Morgan fingerprint density at radius 3 is 1.40 bits per heavy atom. The summed E-state index contributed by atoms with van der Waals surface area (Å²) in [6.45, 7) is 18.1. The largest absolute Gasteiger partial charge is 0.521 e. The van der Waals surface area contributed by atoms with Gasteiger partial charge in [0.15, 0.2) is 4.85 Å². The van der Waals surface area contributed by atoms with Gasteiger partial charge in [0.25, 0.3) is 0 Å². The summed E-state index contributed by atoms with van der Waals surface area (Å²) in [6.07, 6.45) is 4.49. The molecule has 0 amide bonds. The molecule has 6 bridgehead atoms. The number of fused-ring (bicyclic) bond motifs is 7. The number of hydrogen-bond acceptors (Lipinski definition) is 18. The van der Waals surface area contributed by atoms with Gasteiger partial charge in [-0.15, -0.1) is 13.2 Å². The van der Waals surface area contributed by atoms with E-state index in [0.717, 1.165) is 43.8 Å². The second-order valence-corrected chi connectivity index (χ2v) is 58.3. The minimum Gasteiger partial charge on any atom is -0.478 e. The SMILES string of the molecule is C=CCN1COc2ccc(CC[Si]3(C)O[Si]4(c5ccccc5)O[C@@H](C)[Si]5(c6ccccc6)O[Si](C)(CCc6ccc7c(c6)CN(CC=C)CO7)O[Si]6(c7ccccc7)OC[Si]7(O[Si](c8ccccc8)(OC7(c7ccccc7)[Si](OSc7ccccc7)(c7ccccc7)O6)O3)O[Si](c3ccccc3)(O4)O5)cc2C1. The first-order valence-electron chi connectivity index (χ1n) is 36.5. The smallest absolute Gasteiger partial charge is 0.478 e. The lowest BCUT2D eigenvalue weighted by Crippen LogP contribution is -2.83. The van der Waals surface area contributed by atoms with Crippen LogP contribution in [0.1, 0.15) is 34.7 Å². The van der Waals surface area contributed by atoms with Crippen molar-refractivity contribution in [3.8, 4) is 11.5 Å². The Bertz CT molecular complexity index is 4820. The van der Waals surface area contributed by atoms with Crippen molar-refractivity contribution in [3.63, 3.8) is 0 Å². The highest BCUT2D eigenvalue weighted by atomic mass is 32.2. The Kier molecular flexibility index (Phi) is 20.2. The summed E-state index contributed by atoms with van der Waals surface area (Å²) < 4.78 is 127. The first-order valence-corrected chi connectivity index (χ1v) is 54.9. The van der Waals surface area contributed by atoms with Gasteiger partial charge < -0.3 is 63.7 Å². The number of benzene rings is 10. The van der Waals surface area contributed by atoms with Crippen LogP contribution < -0.4 is 40.6 Å². The van der Waals surface area contributed by atoms with Gasteiger partial charge in [0.05, 0.1) is 12.0 Å². The minimum atomic E-state index is -5.20. The van der Waals surface area contributed by atoms with Gasteiger partial charge in [-0.3, -0.25) is 9.80 Å². The highest BCUT2D eigenvalue weighted by molar-refractivity contribution is 7.95. The molecule has 7 aliphatic rings. The van der Waals surface area contributed by atoms with E-state index in [2.05, 4.69) is 116 Å². The second-order valence-electron chi connectivity index (χ2n) is 28.4. The lowest BCUT2D eigenvalue weighted by molar-refractivity contribution is 0.105. The molecule has 17 nitrogen and oxygen atoms in total. The van der Waals surface area contributed by atoms with E-state index in [9.17, 15) is 4.12 Å². The third-order valence-electron chi connectivity index (χ3n) is 20.8. The van der Waals surface area contributed by atoms with Gasteiger partial charge in [0, 0.05) is 75.0 Å². The van der Waals surface area contributed by atoms with Crippen LogP contribution in [0.15, 0.2) is 309 Å². The molecule has 0 radical (unpaired) electrons. The van der Waals surface area contributed by atoms with Crippen LogP contribution in [0.4, 0.5) is 0 Å². The van der Waals surface area contributed by atoms with Crippen molar-refractivity contribution < 1.29 is 63.7 Å². The summed E-state index contributed by atoms with van der Waals surface area (Å²) in [5.74, 6) is 1.69. The van der Waals surface area contributed by atoms with E-state index in [-0.39, 0.29) is 6.23 Å². The Labute approximate surface area is 640 Å². The molecular weight excluding hydrogens is 1510 g/mol. The molecule has 546 valence electrons. The highest BCUT2D eigenvalue weighted by Crippen LogP contribution is 2.59. The molecule has 107 heavy (non-hydrogen) atoms. The fourth-order valence-electron chi connectivity index (χ4n) is 15.8. The molecule has 0 N–H and O–H groups in total. The van der Waals surface area contributed by atoms with Crippen LogP contribution in [0.2, 0.25) is 25.2 Å². The number of ether oxygens (including phenoxy) is 2. The average Bonchev–Trinajstić information content (AvgIpc) is 1.50. The number of aryl methyl sites for hydroxylation is 2. The van der Waals surface area contributed by atoms with Gasteiger partial charge in [-0.2, -0.15) is 0 Å². The van der Waals surface area contributed by atoms with Gasteiger partial charge >= 0.3 is 78.0 Å². The van der Waals surface area contributed by atoms with E-state index >= 15 is 0 Å².